The summed E-state index contributed by atoms with van der Waals surface area (Å²) in [6.45, 7) is 3.93. The van der Waals surface area contributed by atoms with E-state index in [2.05, 4.69) is 11.2 Å². The molecule has 2 N–H and O–H groups in total. The molecule has 0 spiro atoms. The van der Waals surface area contributed by atoms with Gasteiger partial charge in [0.05, 0.1) is 6.42 Å². The molecule has 0 aromatic heterocycles. The van der Waals surface area contributed by atoms with Crippen LogP contribution in [0, 0.1) is 12.3 Å². The summed E-state index contributed by atoms with van der Waals surface area (Å²) < 4.78 is 0. The highest BCUT2D eigenvalue weighted by Gasteiger charge is 2.20. The SMILES string of the molecule is C#Cc1cccc(NC(=O)N(CC)C(C)CC(=O)O)c1. The zero-order chi connectivity index (χ0) is 15.1. The second-order valence-electron chi connectivity index (χ2n) is 4.39. The fourth-order valence-electron chi connectivity index (χ4n) is 1.90. The molecule has 0 fully saturated rings. The van der Waals surface area contributed by atoms with Crippen molar-refractivity contribution in [3.8, 4) is 12.3 Å². The smallest absolute Gasteiger partial charge is 0.322 e. The van der Waals surface area contributed by atoms with Gasteiger partial charge in [0.25, 0.3) is 0 Å². The summed E-state index contributed by atoms with van der Waals surface area (Å²) in [5.74, 6) is 1.56. The summed E-state index contributed by atoms with van der Waals surface area (Å²) in [6.07, 6.45) is 5.21. The molecule has 5 nitrogen and oxygen atoms in total. The van der Waals surface area contributed by atoms with Gasteiger partial charge in [-0.1, -0.05) is 12.0 Å². The van der Waals surface area contributed by atoms with Crippen molar-refractivity contribution in [2.75, 3.05) is 11.9 Å². The third-order valence-electron chi connectivity index (χ3n) is 2.88. The van der Waals surface area contributed by atoms with Crippen LogP contribution in [-0.4, -0.2) is 34.6 Å². The van der Waals surface area contributed by atoms with Gasteiger partial charge in [0, 0.05) is 23.8 Å². The van der Waals surface area contributed by atoms with Gasteiger partial charge in [0.15, 0.2) is 0 Å². The van der Waals surface area contributed by atoms with Crippen LogP contribution in [0.5, 0.6) is 0 Å². The number of urea groups is 1. The number of hydrogen-bond donors (Lipinski definition) is 2. The molecule has 1 rings (SSSR count). The molecule has 20 heavy (non-hydrogen) atoms. The molecule has 0 aliphatic heterocycles. The highest BCUT2D eigenvalue weighted by Crippen LogP contribution is 2.12. The minimum atomic E-state index is -0.932. The molecule has 0 heterocycles. The number of carbonyl (C=O) groups is 2. The Kier molecular flexibility index (Phi) is 5.60. The average molecular weight is 274 g/mol. The van der Waals surface area contributed by atoms with Crippen molar-refractivity contribution in [1.82, 2.24) is 4.90 Å². The molecule has 5 heteroatoms. The molecule has 0 saturated carbocycles. The first-order valence-electron chi connectivity index (χ1n) is 6.34. The second kappa shape index (κ2) is 7.19. The lowest BCUT2D eigenvalue weighted by Gasteiger charge is -2.27. The number of carboxylic acids is 1. The number of nitrogens with zero attached hydrogens (tertiary/aromatic N) is 1. The number of nitrogens with one attached hydrogen (secondary N) is 1. The zero-order valence-corrected chi connectivity index (χ0v) is 11.6. The number of carbonyl (C=O) groups excluding carboxylic acids is 1. The zero-order valence-electron chi connectivity index (χ0n) is 11.6. The van der Waals surface area contributed by atoms with Crippen molar-refractivity contribution in [1.29, 1.82) is 0 Å². The molecule has 0 bridgehead atoms. The monoisotopic (exact) mass is 274 g/mol. The van der Waals surface area contributed by atoms with Gasteiger partial charge in [0.1, 0.15) is 0 Å². The van der Waals surface area contributed by atoms with Crippen LogP contribution in [0.25, 0.3) is 0 Å². The van der Waals surface area contributed by atoms with Crippen LogP contribution in [0.15, 0.2) is 24.3 Å². The summed E-state index contributed by atoms with van der Waals surface area (Å²) in [7, 11) is 0. The van der Waals surface area contributed by atoms with Crippen molar-refractivity contribution in [2.45, 2.75) is 26.3 Å². The molecule has 1 atom stereocenters. The summed E-state index contributed by atoms with van der Waals surface area (Å²) in [5.41, 5.74) is 1.26. The first-order valence-corrected chi connectivity index (χ1v) is 6.34. The second-order valence-corrected chi connectivity index (χ2v) is 4.39. The van der Waals surface area contributed by atoms with Crippen LogP contribution in [0.1, 0.15) is 25.8 Å². The van der Waals surface area contributed by atoms with Crippen molar-refractivity contribution in [2.24, 2.45) is 0 Å². The highest BCUT2D eigenvalue weighted by atomic mass is 16.4. The third-order valence-corrected chi connectivity index (χ3v) is 2.88. The number of terminal acetylenes is 1. The molecule has 0 radical (unpaired) electrons. The van der Waals surface area contributed by atoms with Gasteiger partial charge in [-0.25, -0.2) is 4.79 Å². The maximum absolute atomic E-state index is 12.1. The van der Waals surface area contributed by atoms with E-state index in [0.717, 1.165) is 0 Å². The van der Waals surface area contributed by atoms with Gasteiger partial charge in [0.2, 0.25) is 0 Å². The van der Waals surface area contributed by atoms with E-state index in [4.69, 9.17) is 11.5 Å². The van der Waals surface area contributed by atoms with E-state index in [9.17, 15) is 9.59 Å². The van der Waals surface area contributed by atoms with Crippen molar-refractivity contribution < 1.29 is 14.7 Å². The lowest BCUT2D eigenvalue weighted by molar-refractivity contribution is -0.137. The Morgan fingerprint density at radius 1 is 1.50 bits per heavy atom. The lowest BCUT2D eigenvalue weighted by Crippen LogP contribution is -2.42. The van der Waals surface area contributed by atoms with Gasteiger partial charge in [-0.15, -0.1) is 6.42 Å². The predicted octanol–water partition coefficient (Wildman–Crippen LogP) is 2.38. The number of carboxylic acid groups (broad SMARTS) is 1. The summed E-state index contributed by atoms with van der Waals surface area (Å²) in [4.78, 5) is 24.3. The summed E-state index contributed by atoms with van der Waals surface area (Å²) in [6, 6.07) is 6.22. The maximum Gasteiger partial charge on any atom is 0.322 e. The normalized spacial score (nSPS) is 11.2. The molecule has 1 unspecified atom stereocenters. The molecule has 1 aromatic rings. The van der Waals surface area contributed by atoms with Crippen LogP contribution in [-0.2, 0) is 4.79 Å². The third kappa shape index (κ3) is 4.32. The number of hydrogen-bond acceptors (Lipinski definition) is 2. The van der Waals surface area contributed by atoms with E-state index in [1.807, 2.05) is 0 Å². The summed E-state index contributed by atoms with van der Waals surface area (Å²) in [5, 5.41) is 11.5. The Balaban J connectivity index is 2.77. The van der Waals surface area contributed by atoms with E-state index < -0.39 is 5.97 Å². The minimum absolute atomic E-state index is 0.0916. The van der Waals surface area contributed by atoms with Crippen LogP contribution < -0.4 is 5.32 Å². The largest absolute Gasteiger partial charge is 0.481 e. The maximum atomic E-state index is 12.1. The van der Waals surface area contributed by atoms with Gasteiger partial charge in [-0.05, 0) is 32.0 Å². The number of rotatable bonds is 5. The van der Waals surface area contributed by atoms with Crippen LogP contribution in [0.3, 0.4) is 0 Å². The molecule has 0 aliphatic rings. The van der Waals surface area contributed by atoms with Crippen LogP contribution in [0.2, 0.25) is 0 Å². The van der Waals surface area contributed by atoms with Crippen LogP contribution in [0.4, 0.5) is 10.5 Å². The Bertz CT molecular complexity index is 534. The van der Waals surface area contributed by atoms with Gasteiger partial charge in [-0.3, -0.25) is 4.79 Å². The lowest BCUT2D eigenvalue weighted by atomic mass is 10.2. The fraction of sp³-hybridized carbons (Fsp3) is 0.333. The first-order chi connectivity index (χ1) is 9.47. The Hall–Kier alpha value is -2.48. The first kappa shape index (κ1) is 15.6. The minimum Gasteiger partial charge on any atom is -0.481 e. The quantitative estimate of drug-likeness (QED) is 0.810. The molecule has 0 aliphatic carbocycles. The Labute approximate surface area is 118 Å². The molecule has 2 amide bonds. The number of amides is 2. The molecule has 1 aromatic carbocycles. The van der Waals surface area contributed by atoms with E-state index in [1.54, 1.807) is 38.1 Å². The summed E-state index contributed by atoms with van der Waals surface area (Å²) >= 11 is 0. The number of anilines is 1. The van der Waals surface area contributed by atoms with Crippen molar-refractivity contribution >= 4 is 17.7 Å². The predicted molar refractivity (Wildman–Crippen MR) is 77.5 cm³/mol. The molecule has 106 valence electrons. The van der Waals surface area contributed by atoms with E-state index in [-0.39, 0.29) is 18.5 Å². The average Bonchev–Trinajstić information content (AvgIpc) is 2.38. The van der Waals surface area contributed by atoms with Gasteiger partial charge < -0.3 is 15.3 Å². The standard InChI is InChI=1S/C15H18N2O3/c1-4-12-7-6-8-13(10-12)16-15(20)17(5-2)11(3)9-14(18)19/h1,6-8,10-11H,5,9H2,2-3H3,(H,16,20)(H,18,19). The number of benzene rings is 1. The van der Waals surface area contributed by atoms with Crippen LogP contribution >= 0.6 is 0 Å². The highest BCUT2D eigenvalue weighted by molar-refractivity contribution is 5.90. The fourth-order valence-corrected chi connectivity index (χ4v) is 1.90. The van der Waals surface area contributed by atoms with E-state index in [0.29, 0.717) is 17.8 Å². The van der Waals surface area contributed by atoms with Crippen molar-refractivity contribution in [3.05, 3.63) is 29.8 Å². The van der Waals surface area contributed by atoms with E-state index >= 15 is 0 Å². The van der Waals surface area contributed by atoms with Crippen molar-refractivity contribution in [3.63, 3.8) is 0 Å². The van der Waals surface area contributed by atoms with Gasteiger partial charge >= 0.3 is 12.0 Å². The van der Waals surface area contributed by atoms with Gasteiger partial charge in [-0.2, -0.15) is 0 Å². The molecular formula is C15H18N2O3. The molecule has 0 saturated heterocycles. The Morgan fingerprint density at radius 2 is 2.20 bits per heavy atom. The Morgan fingerprint density at radius 3 is 2.75 bits per heavy atom. The number of aliphatic carboxylic acids is 1. The topological polar surface area (TPSA) is 69.6 Å². The molecular weight excluding hydrogens is 256 g/mol. The van der Waals surface area contributed by atoms with E-state index in [1.165, 1.54) is 4.90 Å².